The molecule has 0 atom stereocenters. The molecule has 0 saturated carbocycles. The Morgan fingerprint density at radius 2 is 2.50 bits per heavy atom. The van der Waals surface area contributed by atoms with Gasteiger partial charge in [0.15, 0.2) is 6.21 Å². The molecule has 0 fully saturated rings. The molecular formula is C6H7N2+. The highest BCUT2D eigenvalue weighted by atomic mass is 14.8. The van der Waals surface area contributed by atoms with Crippen LogP contribution in [0.2, 0.25) is 0 Å². The fraction of sp³-hybridized carbons (Fsp3) is 0. The lowest BCUT2D eigenvalue weighted by molar-refractivity contribution is 1.58. The molecule has 1 rings (SSSR count). The number of nitrogens with two attached hydrogens (primary N) is 1. The van der Waals surface area contributed by atoms with Crippen LogP contribution in [0.4, 0.5) is 0 Å². The molecule has 0 aliphatic carbocycles. The molecule has 2 N–H and O–H groups in total. The van der Waals surface area contributed by atoms with Gasteiger partial charge in [0.25, 0.3) is 0 Å². The number of rotatable bonds is 1. The Morgan fingerprint density at radius 1 is 1.75 bits per heavy atom. The summed E-state index contributed by atoms with van der Waals surface area (Å²) in [6, 6.07) is 0. The van der Waals surface area contributed by atoms with Gasteiger partial charge in [-0.25, -0.2) is 4.67 Å². The highest BCUT2D eigenvalue weighted by molar-refractivity contribution is 6.07. The van der Waals surface area contributed by atoms with E-state index < -0.39 is 0 Å². The van der Waals surface area contributed by atoms with Gasteiger partial charge in [0.1, 0.15) is 0 Å². The molecule has 0 aromatic carbocycles. The topological polar surface area (TPSA) is 40.1 Å². The lowest BCUT2D eigenvalue weighted by atomic mass is 10.2. The van der Waals surface area contributed by atoms with Crippen LogP contribution in [0.1, 0.15) is 0 Å². The minimum absolute atomic E-state index is 0.556. The van der Waals surface area contributed by atoms with Gasteiger partial charge in [-0.15, -0.1) is 0 Å². The van der Waals surface area contributed by atoms with Crippen molar-refractivity contribution in [1.29, 1.82) is 0 Å². The molecule has 0 aromatic heterocycles. The third-order valence-electron chi connectivity index (χ3n) is 0.983. The molecule has 0 unspecified atom stereocenters. The van der Waals surface area contributed by atoms with Crippen LogP contribution >= 0.6 is 0 Å². The van der Waals surface area contributed by atoms with Gasteiger partial charge in [-0.3, -0.25) is 5.73 Å². The summed E-state index contributed by atoms with van der Waals surface area (Å²) >= 11 is 0. The fourth-order valence-electron chi connectivity index (χ4n) is 0.530. The Morgan fingerprint density at radius 3 is 2.75 bits per heavy atom. The normalized spacial score (nSPS) is 15.5. The largest absolute Gasteiger partial charge is 0.373 e. The average Bonchev–Trinajstić information content (AvgIpc) is 2.14. The first-order valence-corrected chi connectivity index (χ1v) is 2.34. The highest BCUT2D eigenvalue weighted by Gasteiger charge is 2.08. The summed E-state index contributed by atoms with van der Waals surface area (Å²) in [7, 11) is 0. The van der Waals surface area contributed by atoms with E-state index in [0.717, 1.165) is 5.57 Å². The molecule has 0 saturated heterocycles. The Balaban J connectivity index is 2.93. The van der Waals surface area contributed by atoms with Crippen LogP contribution in [0.5, 0.6) is 0 Å². The van der Waals surface area contributed by atoms with Crippen LogP contribution in [0, 0.1) is 0 Å². The van der Waals surface area contributed by atoms with Crippen molar-refractivity contribution >= 4 is 12.1 Å². The van der Waals surface area contributed by atoms with Gasteiger partial charge >= 0.3 is 5.84 Å². The number of nitrogens with zero attached hydrogens (tertiary/aromatic N) is 1. The van der Waals surface area contributed by atoms with Crippen molar-refractivity contribution in [3.63, 3.8) is 0 Å². The van der Waals surface area contributed by atoms with E-state index in [9.17, 15) is 0 Å². The average molecular weight is 107 g/mol. The van der Waals surface area contributed by atoms with E-state index >= 15 is 0 Å². The first-order valence-electron chi connectivity index (χ1n) is 2.34. The van der Waals surface area contributed by atoms with E-state index in [1.165, 1.54) is 0 Å². The molecule has 2 heteroatoms. The monoisotopic (exact) mass is 107 g/mol. The Bertz CT molecular complexity index is 205. The lowest BCUT2D eigenvalue weighted by Crippen LogP contribution is -2.13. The fourth-order valence-corrected chi connectivity index (χ4v) is 0.530. The number of amidine groups is 1. The van der Waals surface area contributed by atoms with Crippen molar-refractivity contribution in [1.82, 2.24) is 4.67 Å². The Hall–Kier alpha value is -1.27. The third kappa shape index (κ3) is 0.572. The smallest absolute Gasteiger partial charge is 0.273 e. The van der Waals surface area contributed by atoms with Gasteiger partial charge < -0.3 is 0 Å². The second-order valence-corrected chi connectivity index (χ2v) is 1.49. The predicted molar refractivity (Wildman–Crippen MR) is 35.7 cm³/mol. The predicted octanol–water partition coefficient (Wildman–Crippen LogP) is -0.392. The summed E-state index contributed by atoms with van der Waals surface area (Å²) in [4.78, 5) is 0. The zero-order valence-corrected chi connectivity index (χ0v) is 4.46. The zero-order valence-electron chi connectivity index (χ0n) is 4.46. The van der Waals surface area contributed by atoms with Crippen molar-refractivity contribution in [3.05, 3.63) is 24.3 Å². The molecule has 1 heterocycles. The van der Waals surface area contributed by atoms with Crippen LogP contribution < -0.4 is 10.4 Å². The molecule has 8 heavy (non-hydrogen) atoms. The second kappa shape index (κ2) is 1.68. The van der Waals surface area contributed by atoms with E-state index in [0.29, 0.717) is 5.84 Å². The zero-order chi connectivity index (χ0) is 5.98. The summed E-state index contributed by atoms with van der Waals surface area (Å²) in [6.45, 7) is 3.54. The van der Waals surface area contributed by atoms with Crippen LogP contribution in [-0.2, 0) is 0 Å². The Labute approximate surface area is 47.8 Å². The van der Waals surface area contributed by atoms with Gasteiger partial charge in [0, 0.05) is 6.08 Å². The van der Waals surface area contributed by atoms with Gasteiger partial charge in [-0.05, 0) is 0 Å². The SMILES string of the molecule is C=CC1=CC=[N+]=C1N. The number of hydrogen-bond donors (Lipinski definition) is 1. The van der Waals surface area contributed by atoms with Crippen molar-refractivity contribution in [2.24, 2.45) is 5.73 Å². The number of allylic oxidation sites excluding steroid dienone is 1. The van der Waals surface area contributed by atoms with Crippen molar-refractivity contribution in [2.75, 3.05) is 0 Å². The molecule has 40 valence electrons. The molecule has 0 amide bonds. The van der Waals surface area contributed by atoms with E-state index in [1.807, 2.05) is 6.08 Å². The van der Waals surface area contributed by atoms with Crippen molar-refractivity contribution < 1.29 is 0 Å². The molecule has 0 bridgehead atoms. The molecule has 0 spiro atoms. The van der Waals surface area contributed by atoms with Gasteiger partial charge in [-0.2, -0.15) is 0 Å². The molecule has 0 radical (unpaired) electrons. The molecule has 2 nitrogen and oxygen atoms in total. The highest BCUT2D eigenvalue weighted by Crippen LogP contribution is 1.92. The maximum absolute atomic E-state index is 5.37. The van der Waals surface area contributed by atoms with Crippen molar-refractivity contribution in [2.45, 2.75) is 0 Å². The molecular weight excluding hydrogens is 100 g/mol. The van der Waals surface area contributed by atoms with Crippen LogP contribution in [0.25, 0.3) is 0 Å². The first-order chi connectivity index (χ1) is 3.84. The summed E-state index contributed by atoms with van der Waals surface area (Å²) in [5.41, 5.74) is 6.28. The minimum atomic E-state index is 0.556. The van der Waals surface area contributed by atoms with E-state index in [2.05, 4.69) is 11.2 Å². The standard InChI is InChI=1S/C6H6N2/c1-2-5-3-4-8-6(5)7/h2-4,7H,1H2/p+1. The summed E-state index contributed by atoms with van der Waals surface area (Å²) < 4.78 is 3.79. The van der Waals surface area contributed by atoms with E-state index in [4.69, 9.17) is 5.73 Å². The maximum Gasteiger partial charge on any atom is 0.373 e. The maximum atomic E-state index is 5.37. The third-order valence-corrected chi connectivity index (χ3v) is 0.983. The van der Waals surface area contributed by atoms with Crippen LogP contribution in [0.3, 0.4) is 0 Å². The molecule has 1 aliphatic heterocycles. The molecule has 1 aliphatic rings. The Kier molecular flexibility index (Phi) is 1.03. The van der Waals surface area contributed by atoms with Gasteiger partial charge in [0.05, 0.1) is 5.57 Å². The second-order valence-electron chi connectivity index (χ2n) is 1.49. The van der Waals surface area contributed by atoms with Crippen molar-refractivity contribution in [3.8, 4) is 0 Å². The van der Waals surface area contributed by atoms with E-state index in [1.54, 1.807) is 12.3 Å². The summed E-state index contributed by atoms with van der Waals surface area (Å²) in [5.74, 6) is 0.556. The first kappa shape index (κ1) is 4.88. The van der Waals surface area contributed by atoms with Crippen LogP contribution in [0.15, 0.2) is 24.3 Å². The molecule has 0 aromatic rings. The van der Waals surface area contributed by atoms with Gasteiger partial charge in [-0.1, -0.05) is 12.7 Å². The quantitative estimate of drug-likeness (QED) is 0.455. The van der Waals surface area contributed by atoms with Crippen LogP contribution in [-0.4, -0.2) is 12.1 Å². The number of hydrogen-bond acceptors (Lipinski definition) is 1. The summed E-state index contributed by atoms with van der Waals surface area (Å²) in [5, 5.41) is 0. The minimum Gasteiger partial charge on any atom is -0.273 e. The summed E-state index contributed by atoms with van der Waals surface area (Å²) in [6.07, 6.45) is 5.16. The lowest BCUT2D eigenvalue weighted by Gasteiger charge is -1.77. The van der Waals surface area contributed by atoms with Gasteiger partial charge in [0.2, 0.25) is 0 Å². The van der Waals surface area contributed by atoms with E-state index in [-0.39, 0.29) is 0 Å².